The lowest BCUT2D eigenvalue weighted by molar-refractivity contribution is 0.210. The quantitative estimate of drug-likeness (QED) is 0.207. The molecule has 0 aromatic rings. The van der Waals surface area contributed by atoms with Gasteiger partial charge in [0.2, 0.25) is 0 Å². The van der Waals surface area contributed by atoms with E-state index in [4.69, 9.17) is 5.73 Å². The van der Waals surface area contributed by atoms with Gasteiger partial charge in [-0.1, -0.05) is 86.0 Å². The molecule has 0 bridgehead atoms. The van der Waals surface area contributed by atoms with Crippen LogP contribution in [0.3, 0.4) is 0 Å². The molecule has 0 aliphatic rings. The maximum absolute atomic E-state index is 5.58. The predicted molar refractivity (Wildman–Crippen MR) is 126 cm³/mol. The number of rotatable bonds is 13. The highest BCUT2D eigenvalue weighted by molar-refractivity contribution is 6.80. The number of allylic oxidation sites excluding steroid dienone is 1. The smallest absolute Gasteiger partial charge is 0.0541 e. The molecule has 0 rings (SSSR count). The number of hydrogen-bond acceptors (Lipinski definition) is 2. The molecule has 0 aromatic carbocycles. The number of hydrogen-bond donors (Lipinski definition) is 2. The fourth-order valence-corrected chi connectivity index (χ4v) is 9.73. The van der Waals surface area contributed by atoms with Crippen LogP contribution in [0.15, 0.2) is 12.7 Å². The molecule has 26 heavy (non-hydrogen) atoms. The van der Waals surface area contributed by atoms with Gasteiger partial charge in [0, 0.05) is 13.1 Å². The van der Waals surface area contributed by atoms with Gasteiger partial charge in [0.25, 0.3) is 0 Å². The first-order valence-corrected chi connectivity index (χ1v) is 14.2. The molecule has 158 valence electrons. The minimum Gasteiger partial charge on any atom is -0.329 e. The average Bonchev–Trinajstić information content (AvgIpc) is 2.54. The van der Waals surface area contributed by atoms with Crippen LogP contribution in [0.25, 0.3) is 0 Å². The summed E-state index contributed by atoms with van der Waals surface area (Å²) in [4.78, 5) is 0. The van der Waals surface area contributed by atoms with E-state index >= 15 is 0 Å². The summed E-state index contributed by atoms with van der Waals surface area (Å²) in [7, 11) is -1.33. The molecular weight excluding hydrogens is 332 g/mol. The monoisotopic (exact) mass is 384 g/mol. The van der Waals surface area contributed by atoms with E-state index in [1.807, 2.05) is 6.92 Å². The van der Waals surface area contributed by atoms with E-state index in [-0.39, 0.29) is 0 Å². The van der Waals surface area contributed by atoms with Gasteiger partial charge in [-0.05, 0) is 42.7 Å². The van der Waals surface area contributed by atoms with Crippen molar-refractivity contribution in [3.05, 3.63) is 12.7 Å². The third-order valence-corrected chi connectivity index (χ3v) is 12.5. The van der Waals surface area contributed by atoms with Crippen molar-refractivity contribution in [1.29, 1.82) is 0 Å². The van der Waals surface area contributed by atoms with Gasteiger partial charge in [0.15, 0.2) is 0 Å². The minimum absolute atomic E-state index is 0.419. The normalized spacial score (nSPS) is 15.6. The van der Waals surface area contributed by atoms with E-state index in [2.05, 4.69) is 66.5 Å². The molecule has 0 heterocycles. The van der Waals surface area contributed by atoms with Crippen LogP contribution in [0.2, 0.25) is 24.2 Å². The van der Waals surface area contributed by atoms with Crippen LogP contribution in [0.1, 0.15) is 80.6 Å². The zero-order valence-electron chi connectivity index (χ0n) is 19.8. The largest absolute Gasteiger partial charge is 0.329 e. The molecule has 0 aromatic heterocycles. The Balaban J connectivity index is 0. The molecule has 0 aliphatic carbocycles. The Hall–Kier alpha value is -0.123. The summed E-state index contributed by atoms with van der Waals surface area (Å²) >= 11 is 0. The molecular formula is C23H52N2Si. The SMILES string of the molecule is C=CC.CCCC(C)C[Si](C)(C)C(C)(CCCNCCN)C(C)(C)CC. The average molecular weight is 385 g/mol. The van der Waals surface area contributed by atoms with Gasteiger partial charge < -0.3 is 11.1 Å². The van der Waals surface area contributed by atoms with E-state index in [0.29, 0.717) is 10.5 Å². The second-order valence-corrected chi connectivity index (χ2v) is 14.9. The molecule has 0 amide bonds. The van der Waals surface area contributed by atoms with Crippen LogP contribution in [0.5, 0.6) is 0 Å². The minimum atomic E-state index is -1.33. The van der Waals surface area contributed by atoms with Gasteiger partial charge in [0.1, 0.15) is 0 Å². The molecule has 2 atom stereocenters. The fraction of sp³-hybridized carbons (Fsp3) is 0.913. The molecule has 0 spiro atoms. The first-order chi connectivity index (χ1) is 12.0. The number of nitrogens with one attached hydrogen (secondary N) is 1. The van der Waals surface area contributed by atoms with Crippen LogP contribution < -0.4 is 11.1 Å². The summed E-state index contributed by atoms with van der Waals surface area (Å²) in [6.07, 6.45) is 8.36. The van der Waals surface area contributed by atoms with Crippen molar-refractivity contribution in [3.63, 3.8) is 0 Å². The van der Waals surface area contributed by atoms with Gasteiger partial charge in [-0.15, -0.1) is 6.58 Å². The Morgan fingerprint density at radius 1 is 1.15 bits per heavy atom. The highest BCUT2D eigenvalue weighted by atomic mass is 28.3. The van der Waals surface area contributed by atoms with Crippen molar-refractivity contribution in [1.82, 2.24) is 5.32 Å². The van der Waals surface area contributed by atoms with Crippen LogP contribution in [-0.2, 0) is 0 Å². The zero-order valence-corrected chi connectivity index (χ0v) is 20.8. The maximum Gasteiger partial charge on any atom is 0.0541 e. The molecule has 3 N–H and O–H groups in total. The van der Waals surface area contributed by atoms with Crippen LogP contribution in [-0.4, -0.2) is 27.7 Å². The zero-order chi connectivity index (χ0) is 20.9. The van der Waals surface area contributed by atoms with Crippen molar-refractivity contribution in [2.24, 2.45) is 17.1 Å². The lowest BCUT2D eigenvalue weighted by atomic mass is 9.74. The standard InChI is InChI=1S/C20H46N2Si.C3H6/c1-9-12-18(3)17-23(7,8)20(6,19(4,5)10-2)13-11-15-22-16-14-21;1-3-2/h18,22H,9-17,21H2,1-8H3;3H,1H2,2H3. The van der Waals surface area contributed by atoms with Crippen LogP contribution >= 0.6 is 0 Å². The highest BCUT2D eigenvalue weighted by Gasteiger charge is 2.50. The molecule has 0 fully saturated rings. The molecule has 0 radical (unpaired) electrons. The summed E-state index contributed by atoms with van der Waals surface area (Å²) in [6.45, 7) is 28.2. The Labute approximate surface area is 167 Å². The van der Waals surface area contributed by atoms with E-state index in [0.717, 1.165) is 25.6 Å². The summed E-state index contributed by atoms with van der Waals surface area (Å²) in [5.74, 6) is 0.879. The third-order valence-electron chi connectivity index (χ3n) is 6.86. The van der Waals surface area contributed by atoms with Crippen molar-refractivity contribution < 1.29 is 0 Å². The van der Waals surface area contributed by atoms with Crippen molar-refractivity contribution >= 4 is 8.07 Å². The lowest BCUT2D eigenvalue weighted by Gasteiger charge is -2.54. The van der Waals surface area contributed by atoms with E-state index < -0.39 is 8.07 Å². The van der Waals surface area contributed by atoms with Crippen LogP contribution in [0.4, 0.5) is 0 Å². The Bertz CT molecular complexity index is 352. The topological polar surface area (TPSA) is 38.0 Å². The fourth-order valence-electron chi connectivity index (χ4n) is 4.47. The summed E-state index contributed by atoms with van der Waals surface area (Å²) in [6, 6.07) is 1.47. The summed E-state index contributed by atoms with van der Waals surface area (Å²) in [5.41, 5.74) is 6.00. The van der Waals surface area contributed by atoms with E-state index in [1.165, 1.54) is 38.1 Å². The highest BCUT2D eigenvalue weighted by Crippen LogP contribution is 2.59. The molecule has 0 saturated carbocycles. The van der Waals surface area contributed by atoms with E-state index in [1.54, 1.807) is 6.08 Å². The van der Waals surface area contributed by atoms with Crippen molar-refractivity contribution in [2.75, 3.05) is 19.6 Å². The predicted octanol–water partition coefficient (Wildman–Crippen LogP) is 6.85. The van der Waals surface area contributed by atoms with Gasteiger partial charge in [-0.3, -0.25) is 0 Å². The van der Waals surface area contributed by atoms with Crippen molar-refractivity contribution in [3.8, 4) is 0 Å². The molecule has 2 nitrogen and oxygen atoms in total. The molecule has 2 unspecified atom stereocenters. The lowest BCUT2D eigenvalue weighted by Crippen LogP contribution is -2.50. The van der Waals surface area contributed by atoms with Gasteiger partial charge in [-0.2, -0.15) is 0 Å². The van der Waals surface area contributed by atoms with Gasteiger partial charge in [0.05, 0.1) is 8.07 Å². The molecule has 3 heteroatoms. The summed E-state index contributed by atoms with van der Waals surface area (Å²) in [5, 5.41) is 3.97. The maximum atomic E-state index is 5.58. The van der Waals surface area contributed by atoms with Crippen LogP contribution in [0, 0.1) is 11.3 Å². The Morgan fingerprint density at radius 2 is 1.69 bits per heavy atom. The summed E-state index contributed by atoms with van der Waals surface area (Å²) < 4.78 is 0. The van der Waals surface area contributed by atoms with Gasteiger partial charge in [-0.25, -0.2) is 0 Å². The Kier molecular flexibility index (Phi) is 15.1. The first-order valence-electron chi connectivity index (χ1n) is 11.0. The van der Waals surface area contributed by atoms with Crippen molar-refractivity contribution in [2.45, 2.75) is 105 Å². The Morgan fingerprint density at radius 3 is 2.12 bits per heavy atom. The third kappa shape index (κ3) is 9.19. The van der Waals surface area contributed by atoms with E-state index in [9.17, 15) is 0 Å². The second-order valence-electron chi connectivity index (χ2n) is 9.60. The first kappa shape index (κ1) is 28.1. The molecule has 0 saturated heterocycles. The number of nitrogens with two attached hydrogens (primary N) is 1. The molecule has 0 aliphatic heterocycles. The second kappa shape index (κ2) is 14.0. The van der Waals surface area contributed by atoms with Gasteiger partial charge >= 0.3 is 0 Å².